The summed E-state index contributed by atoms with van der Waals surface area (Å²) in [6.07, 6.45) is 0. The Kier molecular flexibility index (Phi) is 6.40. The third-order valence-corrected chi connectivity index (χ3v) is 7.18. The van der Waals surface area contributed by atoms with E-state index in [2.05, 4.69) is 16.0 Å². The van der Waals surface area contributed by atoms with E-state index in [0.29, 0.717) is 39.3 Å². The molecule has 196 valence electrons. The maximum atomic E-state index is 14.2. The predicted molar refractivity (Wildman–Crippen MR) is 163 cm³/mol. The van der Waals surface area contributed by atoms with E-state index >= 15 is 0 Å². The van der Waals surface area contributed by atoms with Gasteiger partial charge in [0.05, 0.1) is 28.2 Å². The van der Waals surface area contributed by atoms with Crippen molar-refractivity contribution >= 4 is 45.7 Å². The summed E-state index contributed by atoms with van der Waals surface area (Å²) in [6.45, 7) is 6.10. The molecular formula is C35H29N3O2. The van der Waals surface area contributed by atoms with Gasteiger partial charge in [-0.2, -0.15) is 0 Å². The number of hydrogen-bond acceptors (Lipinski definition) is 5. The van der Waals surface area contributed by atoms with E-state index in [9.17, 15) is 9.59 Å². The Bertz CT molecular complexity index is 1750. The van der Waals surface area contributed by atoms with Gasteiger partial charge < -0.3 is 16.0 Å². The molecular weight excluding hydrogens is 494 g/mol. The van der Waals surface area contributed by atoms with Crippen LogP contribution in [0.4, 0.5) is 34.1 Å². The van der Waals surface area contributed by atoms with Crippen molar-refractivity contribution in [1.29, 1.82) is 0 Å². The zero-order valence-electron chi connectivity index (χ0n) is 22.6. The minimum atomic E-state index is -0.195. The van der Waals surface area contributed by atoms with Gasteiger partial charge in [0.2, 0.25) is 0 Å². The Morgan fingerprint density at radius 3 is 1.32 bits per heavy atom. The lowest BCUT2D eigenvalue weighted by atomic mass is 9.81. The van der Waals surface area contributed by atoms with E-state index in [1.54, 1.807) is 24.3 Å². The van der Waals surface area contributed by atoms with Gasteiger partial charge in [0.1, 0.15) is 0 Å². The molecule has 0 radical (unpaired) electrons. The van der Waals surface area contributed by atoms with Crippen LogP contribution in [-0.4, -0.2) is 11.6 Å². The number of carbonyl (C=O) groups is 2. The minimum Gasteiger partial charge on any atom is -0.355 e. The van der Waals surface area contributed by atoms with Crippen LogP contribution in [0.3, 0.4) is 0 Å². The zero-order valence-corrected chi connectivity index (χ0v) is 22.6. The Hall–Kier alpha value is -5.16. The van der Waals surface area contributed by atoms with E-state index in [1.807, 2.05) is 99.6 Å². The highest BCUT2D eigenvalue weighted by Gasteiger charge is 2.35. The largest absolute Gasteiger partial charge is 0.355 e. The molecule has 1 aliphatic carbocycles. The van der Waals surface area contributed by atoms with Gasteiger partial charge in [0, 0.05) is 28.2 Å². The Balaban J connectivity index is 1.59. The second-order valence-corrected chi connectivity index (χ2v) is 10.3. The van der Waals surface area contributed by atoms with Crippen molar-refractivity contribution in [3.05, 3.63) is 142 Å². The van der Waals surface area contributed by atoms with Crippen molar-refractivity contribution in [2.45, 2.75) is 20.8 Å². The quantitative estimate of drug-likeness (QED) is 0.204. The maximum absolute atomic E-state index is 14.2. The molecule has 5 heteroatoms. The third-order valence-electron chi connectivity index (χ3n) is 7.18. The number of fused-ring (bicyclic) bond motifs is 2. The minimum absolute atomic E-state index is 0.186. The normalized spacial score (nSPS) is 12.0. The number of nitrogens with one attached hydrogen (secondary N) is 3. The van der Waals surface area contributed by atoms with Crippen molar-refractivity contribution in [2.24, 2.45) is 0 Å². The molecule has 0 saturated carbocycles. The summed E-state index contributed by atoms with van der Waals surface area (Å²) in [5.41, 5.74) is 9.23. The fourth-order valence-corrected chi connectivity index (χ4v) is 4.99. The van der Waals surface area contributed by atoms with E-state index in [-0.39, 0.29) is 11.6 Å². The van der Waals surface area contributed by atoms with Crippen LogP contribution < -0.4 is 16.0 Å². The van der Waals surface area contributed by atoms with Crippen molar-refractivity contribution in [3.8, 4) is 0 Å². The van der Waals surface area contributed by atoms with Crippen molar-refractivity contribution in [3.63, 3.8) is 0 Å². The first-order valence-electron chi connectivity index (χ1n) is 13.3. The lowest BCUT2D eigenvalue weighted by Gasteiger charge is -2.27. The van der Waals surface area contributed by atoms with E-state index in [1.165, 1.54) is 0 Å². The van der Waals surface area contributed by atoms with E-state index in [0.717, 1.165) is 33.8 Å². The monoisotopic (exact) mass is 523 g/mol. The third kappa shape index (κ3) is 4.74. The molecule has 0 fully saturated rings. The summed E-state index contributed by atoms with van der Waals surface area (Å²) < 4.78 is 0. The molecule has 5 aromatic carbocycles. The number of aryl methyl sites for hydroxylation is 3. The molecule has 0 heterocycles. The number of benzene rings is 5. The molecule has 3 N–H and O–H groups in total. The number of rotatable bonds is 6. The zero-order chi connectivity index (χ0) is 27.8. The molecule has 5 aromatic rings. The molecule has 0 saturated heterocycles. The number of anilines is 6. The molecule has 0 atom stereocenters. The summed E-state index contributed by atoms with van der Waals surface area (Å²) in [7, 11) is 0. The van der Waals surface area contributed by atoms with Gasteiger partial charge in [-0.15, -0.1) is 0 Å². The highest BCUT2D eigenvalue weighted by Crippen LogP contribution is 2.44. The molecule has 6 rings (SSSR count). The Morgan fingerprint density at radius 1 is 0.450 bits per heavy atom. The molecule has 0 spiro atoms. The predicted octanol–water partition coefficient (Wildman–Crippen LogP) is 8.62. The highest BCUT2D eigenvalue weighted by atomic mass is 16.1. The number of carbonyl (C=O) groups excluding carboxylic acids is 2. The average Bonchev–Trinajstić information content (AvgIpc) is 2.96. The van der Waals surface area contributed by atoms with Crippen LogP contribution in [-0.2, 0) is 0 Å². The molecule has 40 heavy (non-hydrogen) atoms. The molecule has 0 amide bonds. The lowest BCUT2D eigenvalue weighted by molar-refractivity contribution is 0.0980. The maximum Gasteiger partial charge on any atom is 0.196 e. The van der Waals surface area contributed by atoms with Gasteiger partial charge in [-0.25, -0.2) is 0 Å². The summed E-state index contributed by atoms with van der Waals surface area (Å²) in [5.74, 6) is -0.382. The summed E-state index contributed by atoms with van der Waals surface area (Å²) in [5, 5.41) is 10.4. The Morgan fingerprint density at radius 2 is 0.850 bits per heavy atom. The van der Waals surface area contributed by atoms with Gasteiger partial charge in [-0.1, -0.05) is 77.4 Å². The van der Waals surface area contributed by atoms with Crippen LogP contribution in [0, 0.1) is 20.8 Å². The second kappa shape index (κ2) is 10.2. The first kappa shape index (κ1) is 25.1. The molecule has 5 nitrogen and oxygen atoms in total. The first-order valence-corrected chi connectivity index (χ1v) is 13.3. The second-order valence-electron chi connectivity index (χ2n) is 10.3. The van der Waals surface area contributed by atoms with Gasteiger partial charge in [-0.05, 0) is 63.2 Å². The fourth-order valence-electron chi connectivity index (χ4n) is 4.99. The van der Waals surface area contributed by atoms with E-state index < -0.39 is 0 Å². The van der Waals surface area contributed by atoms with Crippen molar-refractivity contribution < 1.29 is 9.59 Å². The van der Waals surface area contributed by atoms with Crippen LogP contribution >= 0.6 is 0 Å². The van der Waals surface area contributed by atoms with Crippen molar-refractivity contribution in [2.75, 3.05) is 16.0 Å². The topological polar surface area (TPSA) is 70.2 Å². The van der Waals surface area contributed by atoms with Crippen molar-refractivity contribution in [1.82, 2.24) is 0 Å². The smallest absolute Gasteiger partial charge is 0.196 e. The molecule has 1 aliphatic rings. The van der Waals surface area contributed by atoms with Gasteiger partial charge >= 0.3 is 0 Å². The molecule has 0 aromatic heterocycles. The van der Waals surface area contributed by atoms with Crippen LogP contribution in [0.15, 0.2) is 103 Å². The van der Waals surface area contributed by atoms with Gasteiger partial charge in [0.25, 0.3) is 0 Å². The lowest BCUT2D eigenvalue weighted by Crippen LogP contribution is -2.24. The molecule has 0 aliphatic heterocycles. The SMILES string of the molecule is Cc1ccc(Nc2cc(Nc3ccc(C)cc3)c3c(c2Nc2ccc(C)cc2)C(=O)c2ccccc2C3=O)cc1. The fraction of sp³-hybridized carbons (Fsp3) is 0.0857. The van der Waals surface area contributed by atoms with Crippen LogP contribution in [0.1, 0.15) is 48.5 Å². The summed E-state index contributed by atoms with van der Waals surface area (Å²) in [6, 6.07) is 32.9. The Labute approximate surface area is 233 Å². The number of ketones is 2. The van der Waals surface area contributed by atoms with Crippen LogP contribution in [0.25, 0.3) is 0 Å². The highest BCUT2D eigenvalue weighted by molar-refractivity contribution is 6.33. The van der Waals surface area contributed by atoms with Gasteiger partial charge in [-0.3, -0.25) is 9.59 Å². The number of hydrogen-bond donors (Lipinski definition) is 3. The first-order chi connectivity index (χ1) is 19.4. The molecule has 0 bridgehead atoms. The average molecular weight is 524 g/mol. The summed E-state index contributed by atoms with van der Waals surface area (Å²) >= 11 is 0. The van der Waals surface area contributed by atoms with Crippen LogP contribution in [0.2, 0.25) is 0 Å². The van der Waals surface area contributed by atoms with Gasteiger partial charge in [0.15, 0.2) is 11.6 Å². The standard InChI is InChI=1S/C35H29N3O2/c1-21-8-14-24(15-9-21)36-29-20-30(37-25-16-10-22(2)11-17-25)33(38-26-18-12-23(3)13-19-26)32-31(29)34(39)27-6-4-5-7-28(27)35(32)40/h4-20,36-38H,1-3H3. The summed E-state index contributed by atoms with van der Waals surface area (Å²) in [4.78, 5) is 28.2. The molecule has 0 unspecified atom stereocenters. The van der Waals surface area contributed by atoms with Crippen LogP contribution in [0.5, 0.6) is 0 Å². The van der Waals surface area contributed by atoms with E-state index in [4.69, 9.17) is 0 Å².